The monoisotopic (exact) mass is 386 g/mol. The number of carbonyl (C=O) groups excluding carboxylic acids is 3. The number of carbonyl (C=O) groups is 3. The fourth-order valence-electron chi connectivity index (χ4n) is 2.24. The van der Waals surface area contributed by atoms with Gasteiger partial charge in [-0.25, -0.2) is 4.79 Å². The van der Waals surface area contributed by atoms with Crippen LogP contribution in [0.15, 0.2) is 41.8 Å². The summed E-state index contributed by atoms with van der Waals surface area (Å²) in [6.45, 7) is 5.67. The Morgan fingerprint density at radius 2 is 1.78 bits per heavy atom. The van der Waals surface area contributed by atoms with Gasteiger partial charge in [0.15, 0.2) is 6.10 Å². The average molecular weight is 386 g/mol. The summed E-state index contributed by atoms with van der Waals surface area (Å²) < 4.78 is 5.10. The second kappa shape index (κ2) is 9.14. The Morgan fingerprint density at radius 3 is 2.37 bits per heavy atom. The van der Waals surface area contributed by atoms with Crippen molar-refractivity contribution in [3.05, 3.63) is 58.5 Å². The van der Waals surface area contributed by atoms with Crippen molar-refractivity contribution in [1.29, 1.82) is 0 Å². The third-order valence-corrected chi connectivity index (χ3v) is 4.67. The highest BCUT2D eigenvalue weighted by Crippen LogP contribution is 2.23. The van der Waals surface area contributed by atoms with E-state index in [9.17, 15) is 14.4 Å². The molecule has 0 aliphatic rings. The van der Waals surface area contributed by atoms with E-state index >= 15 is 0 Å². The third kappa shape index (κ3) is 5.79. The number of hydrogen-bond acceptors (Lipinski definition) is 5. The zero-order valence-corrected chi connectivity index (χ0v) is 16.2. The minimum Gasteiger partial charge on any atom is -0.449 e. The SMILES string of the molecule is CC(OC(=O)/C=C/c1ccc(C(C)C)cc1)C(=O)Nc1sccc1C(N)=O. The van der Waals surface area contributed by atoms with Crippen molar-refractivity contribution in [3.63, 3.8) is 0 Å². The highest BCUT2D eigenvalue weighted by molar-refractivity contribution is 7.14. The van der Waals surface area contributed by atoms with Crippen LogP contribution in [0.25, 0.3) is 6.08 Å². The van der Waals surface area contributed by atoms with E-state index in [0.29, 0.717) is 10.9 Å². The average Bonchev–Trinajstić information content (AvgIpc) is 3.08. The number of hydrogen-bond donors (Lipinski definition) is 2. The lowest BCUT2D eigenvalue weighted by Gasteiger charge is -2.12. The van der Waals surface area contributed by atoms with Gasteiger partial charge < -0.3 is 15.8 Å². The number of nitrogens with one attached hydrogen (secondary N) is 1. The molecule has 1 aromatic heterocycles. The summed E-state index contributed by atoms with van der Waals surface area (Å²) in [6.07, 6.45) is 1.88. The first-order chi connectivity index (χ1) is 12.8. The minimum absolute atomic E-state index is 0.219. The van der Waals surface area contributed by atoms with Crippen LogP contribution in [0.4, 0.5) is 5.00 Å². The van der Waals surface area contributed by atoms with Gasteiger partial charge in [0, 0.05) is 6.08 Å². The van der Waals surface area contributed by atoms with Crippen LogP contribution in [0.3, 0.4) is 0 Å². The molecule has 0 bridgehead atoms. The molecule has 6 nitrogen and oxygen atoms in total. The molecule has 142 valence electrons. The molecule has 0 aliphatic heterocycles. The molecule has 0 saturated carbocycles. The largest absolute Gasteiger partial charge is 0.449 e. The Kier molecular flexibility index (Phi) is 6.90. The van der Waals surface area contributed by atoms with Crippen molar-refractivity contribution in [2.75, 3.05) is 5.32 Å². The van der Waals surface area contributed by atoms with E-state index in [1.165, 1.54) is 36.0 Å². The van der Waals surface area contributed by atoms with Crippen LogP contribution in [0.5, 0.6) is 0 Å². The molecular weight excluding hydrogens is 364 g/mol. The Morgan fingerprint density at radius 1 is 1.11 bits per heavy atom. The minimum atomic E-state index is -1.02. The van der Waals surface area contributed by atoms with E-state index in [-0.39, 0.29) is 5.56 Å². The van der Waals surface area contributed by atoms with Crippen LogP contribution in [-0.4, -0.2) is 23.9 Å². The Balaban J connectivity index is 1.91. The molecule has 1 atom stereocenters. The molecule has 3 N–H and O–H groups in total. The molecule has 27 heavy (non-hydrogen) atoms. The predicted molar refractivity (Wildman–Crippen MR) is 107 cm³/mol. The molecule has 1 aromatic carbocycles. The summed E-state index contributed by atoms with van der Waals surface area (Å²) in [5.41, 5.74) is 7.52. The summed E-state index contributed by atoms with van der Waals surface area (Å²) in [5, 5.41) is 4.51. The van der Waals surface area contributed by atoms with Gasteiger partial charge in [-0.3, -0.25) is 9.59 Å². The quantitative estimate of drug-likeness (QED) is 0.561. The number of esters is 1. The molecule has 0 fully saturated rings. The fourth-order valence-corrected chi connectivity index (χ4v) is 3.03. The Bertz CT molecular complexity index is 853. The standard InChI is InChI=1S/C20H22N2O4S/c1-12(2)15-7-4-14(5-8-15)6-9-17(23)26-13(3)19(25)22-20-16(18(21)24)10-11-27-20/h4-13H,1-3H3,(H2,21,24)(H,22,25)/b9-6+. The van der Waals surface area contributed by atoms with Crippen LogP contribution < -0.4 is 11.1 Å². The Hall–Kier alpha value is -2.93. The zero-order chi connectivity index (χ0) is 20.0. The van der Waals surface area contributed by atoms with Crippen molar-refractivity contribution in [3.8, 4) is 0 Å². The van der Waals surface area contributed by atoms with E-state index in [4.69, 9.17) is 10.5 Å². The lowest BCUT2D eigenvalue weighted by atomic mass is 10.0. The first-order valence-corrected chi connectivity index (χ1v) is 9.32. The normalized spacial score (nSPS) is 12.1. The number of rotatable bonds is 7. The van der Waals surface area contributed by atoms with Gasteiger partial charge in [-0.1, -0.05) is 38.1 Å². The van der Waals surface area contributed by atoms with Gasteiger partial charge in [-0.15, -0.1) is 11.3 Å². The molecule has 7 heteroatoms. The van der Waals surface area contributed by atoms with Crippen molar-refractivity contribution in [2.24, 2.45) is 5.73 Å². The highest BCUT2D eigenvalue weighted by Gasteiger charge is 2.19. The van der Waals surface area contributed by atoms with Gasteiger partial charge >= 0.3 is 5.97 Å². The molecule has 1 unspecified atom stereocenters. The van der Waals surface area contributed by atoms with Crippen molar-refractivity contribution in [2.45, 2.75) is 32.8 Å². The van der Waals surface area contributed by atoms with Crippen molar-refractivity contribution >= 4 is 40.2 Å². The third-order valence-electron chi connectivity index (χ3n) is 3.84. The molecule has 2 rings (SSSR count). The van der Waals surface area contributed by atoms with Crippen molar-refractivity contribution < 1.29 is 19.1 Å². The number of thiophene rings is 1. The van der Waals surface area contributed by atoms with Crippen molar-refractivity contribution in [1.82, 2.24) is 0 Å². The lowest BCUT2D eigenvalue weighted by Crippen LogP contribution is -2.29. The highest BCUT2D eigenvalue weighted by atomic mass is 32.1. The van der Waals surface area contributed by atoms with Gasteiger partial charge in [0.2, 0.25) is 0 Å². The molecule has 0 radical (unpaired) electrons. The Labute approximate surface area is 162 Å². The van der Waals surface area contributed by atoms with Gasteiger partial charge in [-0.05, 0) is 41.5 Å². The van der Waals surface area contributed by atoms with Gasteiger partial charge in [-0.2, -0.15) is 0 Å². The van der Waals surface area contributed by atoms with E-state index < -0.39 is 23.9 Å². The first kappa shape index (κ1) is 20.4. The number of anilines is 1. The lowest BCUT2D eigenvalue weighted by molar-refractivity contribution is -0.148. The number of ether oxygens (including phenoxy) is 1. The first-order valence-electron chi connectivity index (χ1n) is 8.44. The van der Waals surface area contributed by atoms with E-state index in [2.05, 4.69) is 19.2 Å². The zero-order valence-electron chi connectivity index (χ0n) is 15.4. The number of amides is 2. The van der Waals surface area contributed by atoms with Gasteiger partial charge in [0.05, 0.1) is 5.56 Å². The topological polar surface area (TPSA) is 98.5 Å². The van der Waals surface area contributed by atoms with Gasteiger partial charge in [0.1, 0.15) is 5.00 Å². The maximum Gasteiger partial charge on any atom is 0.331 e. The molecule has 0 spiro atoms. The second-order valence-corrected chi connectivity index (χ2v) is 7.17. The number of nitrogens with two attached hydrogens (primary N) is 1. The number of primary amides is 1. The van der Waals surface area contributed by atoms with Gasteiger partial charge in [0.25, 0.3) is 11.8 Å². The maximum atomic E-state index is 12.1. The molecule has 0 saturated heterocycles. The summed E-state index contributed by atoms with van der Waals surface area (Å²) in [4.78, 5) is 35.3. The smallest absolute Gasteiger partial charge is 0.331 e. The second-order valence-electron chi connectivity index (χ2n) is 6.25. The molecule has 0 aliphatic carbocycles. The molecule has 1 heterocycles. The predicted octanol–water partition coefficient (Wildman–Crippen LogP) is 3.55. The van der Waals surface area contributed by atoms with E-state index in [1.54, 1.807) is 11.5 Å². The summed E-state index contributed by atoms with van der Waals surface area (Å²) in [5.74, 6) is -1.37. The fraction of sp³-hybridized carbons (Fsp3) is 0.250. The summed E-state index contributed by atoms with van der Waals surface area (Å²) >= 11 is 1.17. The molecular formula is C20H22N2O4S. The van der Waals surface area contributed by atoms with Crippen LogP contribution in [0.1, 0.15) is 48.2 Å². The van der Waals surface area contributed by atoms with E-state index in [1.807, 2.05) is 24.3 Å². The molecule has 2 amide bonds. The summed E-state index contributed by atoms with van der Waals surface area (Å²) in [6, 6.07) is 9.35. The van der Waals surface area contributed by atoms with E-state index in [0.717, 1.165) is 5.56 Å². The van der Waals surface area contributed by atoms with Crippen LogP contribution in [-0.2, 0) is 14.3 Å². The summed E-state index contributed by atoms with van der Waals surface area (Å²) in [7, 11) is 0. The maximum absolute atomic E-state index is 12.1. The number of benzene rings is 1. The van der Waals surface area contributed by atoms with Crippen LogP contribution in [0.2, 0.25) is 0 Å². The van der Waals surface area contributed by atoms with Crippen LogP contribution in [0, 0.1) is 0 Å². The molecule has 2 aromatic rings. The van der Waals surface area contributed by atoms with Crippen LogP contribution >= 0.6 is 11.3 Å².